The Labute approximate surface area is 166 Å². The highest BCUT2D eigenvalue weighted by Crippen LogP contribution is 2.32. The number of amides is 2. The van der Waals surface area contributed by atoms with Gasteiger partial charge in [-0.2, -0.15) is 13.2 Å². The second kappa shape index (κ2) is 8.27. The first-order valence-corrected chi connectivity index (χ1v) is 8.92. The Kier molecular flexibility index (Phi) is 5.78. The quantitative estimate of drug-likeness (QED) is 0.648. The van der Waals surface area contributed by atoms with Crippen molar-refractivity contribution in [1.82, 2.24) is 9.97 Å². The van der Waals surface area contributed by atoms with Crippen LogP contribution in [0.2, 0.25) is 0 Å². The van der Waals surface area contributed by atoms with Gasteiger partial charge in [-0.05, 0) is 29.3 Å². The topological polar surface area (TPSA) is 107 Å². The van der Waals surface area contributed by atoms with Crippen LogP contribution in [0.4, 0.5) is 23.1 Å². The Hall–Kier alpha value is -3.47. The maximum Gasteiger partial charge on any atom is 0.433 e. The molecule has 7 nitrogen and oxygen atoms in total. The molecule has 11 heteroatoms. The van der Waals surface area contributed by atoms with Gasteiger partial charge < -0.3 is 10.5 Å². The van der Waals surface area contributed by atoms with Gasteiger partial charge in [-0.3, -0.25) is 15.1 Å². The molecule has 0 saturated carbocycles. The van der Waals surface area contributed by atoms with E-state index in [1.807, 2.05) is 0 Å². The number of hydrogen-bond donors (Lipinski definition) is 2. The number of hydrogen-bond acceptors (Lipinski definition) is 6. The number of aromatic nitrogens is 2. The van der Waals surface area contributed by atoms with Crippen LogP contribution in [-0.2, 0) is 15.7 Å². The Balaban J connectivity index is 1.79. The van der Waals surface area contributed by atoms with Crippen LogP contribution in [0, 0.1) is 0 Å². The van der Waals surface area contributed by atoms with E-state index in [-0.39, 0.29) is 5.13 Å². The van der Waals surface area contributed by atoms with E-state index in [0.29, 0.717) is 22.4 Å². The fraction of sp³-hybridized carbons (Fsp3) is 0.111. The van der Waals surface area contributed by atoms with Gasteiger partial charge in [0.05, 0.1) is 5.69 Å². The summed E-state index contributed by atoms with van der Waals surface area (Å²) in [4.78, 5) is 29.8. The number of nitrogens with one attached hydrogen (secondary N) is 1. The van der Waals surface area contributed by atoms with Crippen LogP contribution in [0.3, 0.4) is 0 Å². The van der Waals surface area contributed by atoms with Gasteiger partial charge in [0.2, 0.25) is 0 Å². The molecule has 2 heterocycles. The molecule has 0 atom stereocenters. The van der Waals surface area contributed by atoms with Crippen LogP contribution in [0.5, 0.6) is 0 Å². The third-order valence-corrected chi connectivity index (χ3v) is 4.40. The molecule has 0 aliphatic heterocycles. The normalized spacial score (nSPS) is 11.1. The molecule has 0 saturated heterocycles. The molecule has 3 aromatic rings. The highest BCUT2D eigenvalue weighted by molar-refractivity contribution is 7.14. The summed E-state index contributed by atoms with van der Waals surface area (Å²) < 4.78 is 43.1. The number of carbonyl (C=O) groups excluding carboxylic acids is 2. The number of rotatable bonds is 5. The summed E-state index contributed by atoms with van der Waals surface area (Å²) in [6.45, 7) is -0.538. The second-order valence-electron chi connectivity index (χ2n) is 5.70. The van der Waals surface area contributed by atoms with Crippen LogP contribution >= 0.6 is 11.3 Å². The highest BCUT2D eigenvalue weighted by Gasteiger charge is 2.32. The van der Waals surface area contributed by atoms with E-state index in [9.17, 15) is 22.8 Å². The molecule has 0 spiro atoms. The smallest absolute Gasteiger partial charge is 0.433 e. The largest absolute Gasteiger partial charge is 0.440 e. The summed E-state index contributed by atoms with van der Waals surface area (Å²) >= 11 is 1.14. The fourth-order valence-electron chi connectivity index (χ4n) is 2.38. The van der Waals surface area contributed by atoms with Gasteiger partial charge in [-0.25, -0.2) is 9.78 Å². The summed E-state index contributed by atoms with van der Waals surface area (Å²) in [5.74, 6) is -0.602. The van der Waals surface area contributed by atoms with Gasteiger partial charge in [0.1, 0.15) is 5.69 Å². The monoisotopic (exact) mass is 422 g/mol. The van der Waals surface area contributed by atoms with E-state index in [1.54, 1.807) is 29.6 Å². The number of anilines is 1. The van der Waals surface area contributed by atoms with Gasteiger partial charge in [-0.15, -0.1) is 11.3 Å². The minimum Gasteiger partial charge on any atom is -0.440 e. The third kappa shape index (κ3) is 5.29. The first-order valence-electron chi connectivity index (χ1n) is 8.04. The lowest BCUT2D eigenvalue weighted by Gasteiger charge is -2.08. The average Bonchev–Trinajstić information content (AvgIpc) is 3.14. The maximum atomic E-state index is 12.9. The second-order valence-corrected chi connectivity index (χ2v) is 6.56. The van der Waals surface area contributed by atoms with Crippen molar-refractivity contribution in [1.29, 1.82) is 0 Å². The lowest BCUT2D eigenvalue weighted by atomic mass is 10.0. The standard InChI is InChI=1S/C18H13F3N4O3S/c19-18(20,21)14-7-11(4-5-23-14)10-2-1-3-12(6-10)13-9-29-17(24-13)25-15(26)8-28-16(22)27/h1-7,9H,8H2,(H2,22,27)(H,24,25,26). The lowest BCUT2D eigenvalue weighted by Crippen LogP contribution is -2.23. The van der Waals surface area contributed by atoms with Crippen molar-refractivity contribution in [2.45, 2.75) is 6.18 Å². The number of primary amides is 1. The van der Waals surface area contributed by atoms with Crippen LogP contribution in [0.15, 0.2) is 48.0 Å². The summed E-state index contributed by atoms with van der Waals surface area (Å²) in [6.07, 6.45) is -4.50. The number of ether oxygens (including phenoxy) is 1. The molecular formula is C18H13F3N4O3S. The van der Waals surface area contributed by atoms with Crippen molar-refractivity contribution in [2.75, 3.05) is 11.9 Å². The zero-order valence-electron chi connectivity index (χ0n) is 14.6. The predicted molar refractivity (Wildman–Crippen MR) is 99.9 cm³/mol. The van der Waals surface area contributed by atoms with Crippen molar-refractivity contribution in [3.05, 3.63) is 53.7 Å². The van der Waals surface area contributed by atoms with E-state index in [4.69, 9.17) is 5.73 Å². The Morgan fingerprint density at radius 3 is 2.59 bits per heavy atom. The summed E-state index contributed by atoms with van der Waals surface area (Å²) in [5, 5.41) is 4.41. The zero-order valence-corrected chi connectivity index (χ0v) is 15.4. The molecule has 1 aromatic carbocycles. The number of carbonyl (C=O) groups is 2. The van der Waals surface area contributed by atoms with Gasteiger partial charge in [0, 0.05) is 17.1 Å². The van der Waals surface area contributed by atoms with E-state index in [2.05, 4.69) is 20.0 Å². The summed E-state index contributed by atoms with van der Waals surface area (Å²) in [6, 6.07) is 9.26. The molecule has 0 bridgehead atoms. The van der Waals surface area contributed by atoms with Gasteiger partial charge in [0.15, 0.2) is 11.7 Å². The van der Waals surface area contributed by atoms with Crippen LogP contribution in [0.25, 0.3) is 22.4 Å². The van der Waals surface area contributed by atoms with Crippen molar-refractivity contribution >= 4 is 28.5 Å². The number of nitrogens with zero attached hydrogens (tertiary/aromatic N) is 2. The number of benzene rings is 1. The maximum absolute atomic E-state index is 12.9. The molecule has 3 N–H and O–H groups in total. The SMILES string of the molecule is NC(=O)OCC(=O)Nc1nc(-c2cccc(-c3ccnc(C(F)(F)F)c3)c2)cs1. The third-order valence-electron chi connectivity index (χ3n) is 3.64. The van der Waals surface area contributed by atoms with Crippen LogP contribution < -0.4 is 11.1 Å². The van der Waals surface area contributed by atoms with Gasteiger partial charge in [0.25, 0.3) is 5.91 Å². The summed E-state index contributed by atoms with van der Waals surface area (Å²) in [7, 11) is 0. The Bertz CT molecular complexity index is 1050. The van der Waals surface area contributed by atoms with Crippen LogP contribution in [-0.4, -0.2) is 28.6 Å². The number of thiazole rings is 1. The molecule has 2 amide bonds. The van der Waals surface area contributed by atoms with Crippen molar-refractivity contribution in [3.8, 4) is 22.4 Å². The van der Waals surface area contributed by atoms with E-state index >= 15 is 0 Å². The van der Waals surface area contributed by atoms with E-state index < -0.39 is 30.5 Å². The van der Waals surface area contributed by atoms with Crippen LogP contribution in [0.1, 0.15) is 5.69 Å². The molecular weight excluding hydrogens is 409 g/mol. The molecule has 0 unspecified atom stereocenters. The molecule has 0 aliphatic carbocycles. The average molecular weight is 422 g/mol. The lowest BCUT2D eigenvalue weighted by molar-refractivity contribution is -0.141. The van der Waals surface area contributed by atoms with Crippen molar-refractivity contribution in [3.63, 3.8) is 0 Å². The number of pyridine rings is 1. The highest BCUT2D eigenvalue weighted by atomic mass is 32.1. The van der Waals surface area contributed by atoms with E-state index in [1.165, 1.54) is 6.07 Å². The van der Waals surface area contributed by atoms with E-state index in [0.717, 1.165) is 23.6 Å². The predicted octanol–water partition coefficient (Wildman–Crippen LogP) is 3.92. The van der Waals surface area contributed by atoms with Crippen molar-refractivity contribution < 1.29 is 27.5 Å². The first kappa shape index (κ1) is 20.3. The fourth-order valence-corrected chi connectivity index (χ4v) is 3.11. The summed E-state index contributed by atoms with van der Waals surface area (Å²) in [5.41, 5.74) is 5.91. The Morgan fingerprint density at radius 1 is 1.14 bits per heavy atom. The molecule has 29 heavy (non-hydrogen) atoms. The zero-order chi connectivity index (χ0) is 21.0. The van der Waals surface area contributed by atoms with Gasteiger partial charge >= 0.3 is 12.3 Å². The molecule has 2 aromatic heterocycles. The first-order chi connectivity index (χ1) is 13.7. The Morgan fingerprint density at radius 2 is 1.86 bits per heavy atom. The molecule has 3 rings (SSSR count). The minimum atomic E-state index is -4.53. The number of halogens is 3. The molecule has 0 aliphatic rings. The molecule has 150 valence electrons. The molecule has 0 fully saturated rings. The molecule has 0 radical (unpaired) electrons. The van der Waals surface area contributed by atoms with Crippen molar-refractivity contribution in [2.24, 2.45) is 5.73 Å². The number of nitrogens with two attached hydrogens (primary N) is 1. The van der Waals surface area contributed by atoms with Gasteiger partial charge in [-0.1, -0.05) is 18.2 Å². The number of alkyl halides is 3. The minimum absolute atomic E-state index is 0.270.